The van der Waals surface area contributed by atoms with E-state index >= 15 is 4.39 Å². The number of sulfonamides is 1. The highest BCUT2D eigenvalue weighted by molar-refractivity contribution is 7.89. The number of imide groups is 1. The highest BCUT2D eigenvalue weighted by atomic mass is 35.5. The zero-order chi connectivity index (χ0) is 51.4. The van der Waals surface area contributed by atoms with Crippen LogP contribution in [0.3, 0.4) is 0 Å². The van der Waals surface area contributed by atoms with Gasteiger partial charge >= 0.3 is 0 Å². The monoisotopic (exact) mass is 1050 g/mol. The van der Waals surface area contributed by atoms with Crippen LogP contribution in [0.4, 0.5) is 15.8 Å². The molecular formula is C55H62Cl2FN7O7S. The van der Waals surface area contributed by atoms with E-state index in [1.807, 2.05) is 24.3 Å². The molecule has 5 fully saturated rings. The van der Waals surface area contributed by atoms with Crippen LogP contribution in [-0.4, -0.2) is 104 Å². The Morgan fingerprint density at radius 3 is 2.47 bits per heavy atom. The molecule has 2 spiro atoms. The quantitative estimate of drug-likeness (QED) is 0.113. The number of halogens is 3. The number of fused-ring (bicyclic) bond motifs is 3. The molecule has 0 aromatic heterocycles. The first-order valence-corrected chi connectivity index (χ1v) is 27.7. The largest absolute Gasteiger partial charge is 0.495 e. The summed E-state index contributed by atoms with van der Waals surface area (Å²) < 4.78 is 52.4. The second-order valence-electron chi connectivity index (χ2n) is 22.7. The van der Waals surface area contributed by atoms with Crippen LogP contribution in [0.15, 0.2) is 77.7 Å². The lowest BCUT2D eigenvalue weighted by molar-refractivity contribution is -0.137. The van der Waals surface area contributed by atoms with Crippen LogP contribution in [0.5, 0.6) is 5.75 Å². The summed E-state index contributed by atoms with van der Waals surface area (Å²) in [6.45, 7) is 8.92. The lowest BCUT2D eigenvalue weighted by atomic mass is 9.60. The normalized spacial score (nSPS) is 27.2. The standard InChI is InChI=1S/C55H62Cl2FN7O7S/c1-53(2,3)28-45-55(30-59-41-24-33(56)11-14-38(41)55)47(37-7-5-8-39(57)48(37)58)49(61-45)51(68)60-40-15-12-35(25-44(40)72-4)73(70,71)63-21-18-54(19-22-63)26-34(27-54)64-20-6-9-42(64)31-10-13-36-32(23-31)29-65(52(36)69)43-16-17-46(66)62-50(43)67/h5,7-8,10-15,23-25,34,42-43,45,47,49,59,61H,6,9,16-22,26-30H2,1-4H3,(H,60,68)(H,62,66,67)/t42-,43?,45-,47-,49+,55-/m0/s1. The van der Waals surface area contributed by atoms with Crippen LogP contribution >= 0.6 is 23.2 Å². The summed E-state index contributed by atoms with van der Waals surface area (Å²) in [5.41, 5.74) is 4.14. The number of piperidine rings is 2. The van der Waals surface area contributed by atoms with Crippen molar-refractivity contribution in [3.05, 3.63) is 116 Å². The van der Waals surface area contributed by atoms with Crippen molar-refractivity contribution in [1.29, 1.82) is 0 Å². The zero-order valence-electron chi connectivity index (χ0n) is 41.5. The Labute approximate surface area is 436 Å². The van der Waals surface area contributed by atoms with Gasteiger partial charge in [0.25, 0.3) is 5.91 Å². The number of anilines is 2. The number of hydrogen-bond acceptors (Lipinski definition) is 10. The topological polar surface area (TPSA) is 169 Å². The fourth-order valence-corrected chi connectivity index (χ4v) is 15.5. The third-order valence-electron chi connectivity index (χ3n) is 17.2. The molecule has 6 atom stereocenters. The summed E-state index contributed by atoms with van der Waals surface area (Å²) in [6, 6.07) is 19.9. The minimum absolute atomic E-state index is 0.0414. The molecule has 1 unspecified atom stereocenters. The van der Waals surface area contributed by atoms with Crippen LogP contribution in [0.2, 0.25) is 10.0 Å². The van der Waals surface area contributed by atoms with Crippen molar-refractivity contribution in [2.45, 2.75) is 132 Å². The minimum atomic E-state index is -3.93. The first kappa shape index (κ1) is 50.1. The van der Waals surface area contributed by atoms with Gasteiger partial charge < -0.3 is 25.6 Å². The molecule has 11 rings (SSSR count). The maximum absolute atomic E-state index is 16.4. The smallest absolute Gasteiger partial charge is 0.255 e. The summed E-state index contributed by atoms with van der Waals surface area (Å²) in [5.74, 6) is -2.45. The number of methoxy groups -OCH3 is 1. The number of nitrogens with one attached hydrogen (secondary N) is 4. The number of carbonyl (C=O) groups is 4. The maximum Gasteiger partial charge on any atom is 0.255 e. The van der Waals surface area contributed by atoms with Gasteiger partial charge in [-0.25, -0.2) is 12.8 Å². The highest BCUT2D eigenvalue weighted by Gasteiger charge is 2.62. The Kier molecular flexibility index (Phi) is 12.8. The number of ether oxygens (including phenoxy) is 1. The summed E-state index contributed by atoms with van der Waals surface area (Å²) in [5, 5.41) is 13.1. The van der Waals surface area contributed by atoms with Crippen molar-refractivity contribution < 1.29 is 36.7 Å². The molecule has 1 aliphatic carbocycles. The van der Waals surface area contributed by atoms with Gasteiger partial charge in [-0.05, 0) is 127 Å². The predicted octanol–water partition coefficient (Wildman–Crippen LogP) is 8.53. The highest BCUT2D eigenvalue weighted by Crippen LogP contribution is 2.58. The summed E-state index contributed by atoms with van der Waals surface area (Å²) in [4.78, 5) is 56.9. The van der Waals surface area contributed by atoms with E-state index in [9.17, 15) is 27.6 Å². The van der Waals surface area contributed by atoms with Crippen molar-refractivity contribution in [2.75, 3.05) is 43.9 Å². The third-order valence-corrected chi connectivity index (χ3v) is 19.7. The molecule has 0 radical (unpaired) electrons. The third kappa shape index (κ3) is 8.71. The van der Waals surface area contributed by atoms with Gasteiger partial charge in [0.05, 0.1) is 28.8 Å². The molecule has 7 aliphatic rings. The first-order valence-electron chi connectivity index (χ1n) is 25.6. The molecule has 6 aliphatic heterocycles. The van der Waals surface area contributed by atoms with Gasteiger partial charge in [-0.3, -0.25) is 29.4 Å². The summed E-state index contributed by atoms with van der Waals surface area (Å²) in [7, 11) is -2.50. The molecule has 4 amide bonds. The molecule has 6 heterocycles. The van der Waals surface area contributed by atoms with Crippen molar-refractivity contribution >= 4 is 68.2 Å². The van der Waals surface area contributed by atoms with E-state index in [0.717, 1.165) is 61.9 Å². The minimum Gasteiger partial charge on any atom is -0.495 e. The molecular weight excluding hydrogens is 993 g/mol. The van der Waals surface area contributed by atoms with Gasteiger partial charge in [0, 0.05) is 84.4 Å². The SMILES string of the molecule is COc1cc(S(=O)(=O)N2CCC3(CC2)CC(N2CCC[C@H]2c2ccc4c(c2)CN(C2CCC(=O)NC2=O)C4=O)C3)ccc1NC(=O)[C@@H]1N[C@@H](CC(C)(C)C)[C@@]2(CNc3cc(Cl)ccc32)[C@H]1c1cccc(Cl)c1F. The van der Waals surface area contributed by atoms with Gasteiger partial charge in [0.1, 0.15) is 17.6 Å². The predicted molar refractivity (Wildman–Crippen MR) is 277 cm³/mol. The van der Waals surface area contributed by atoms with Crippen LogP contribution in [0, 0.1) is 16.6 Å². The van der Waals surface area contributed by atoms with Gasteiger partial charge in [-0.1, -0.05) is 74.3 Å². The van der Waals surface area contributed by atoms with E-state index in [4.69, 9.17) is 27.9 Å². The zero-order valence-corrected chi connectivity index (χ0v) is 43.9. The number of likely N-dealkylation sites (tertiary alicyclic amines) is 1. The Balaban J connectivity index is 0.763. The molecule has 4 aromatic carbocycles. The average Bonchev–Trinajstić information content (AvgIpc) is 4.13. The molecule has 4 aromatic rings. The Morgan fingerprint density at radius 1 is 0.945 bits per heavy atom. The Bertz CT molecular complexity index is 3050. The Morgan fingerprint density at radius 2 is 1.73 bits per heavy atom. The lowest BCUT2D eigenvalue weighted by Crippen LogP contribution is -2.55. The van der Waals surface area contributed by atoms with E-state index in [1.165, 1.54) is 30.9 Å². The van der Waals surface area contributed by atoms with Crippen LogP contribution in [0.25, 0.3) is 0 Å². The van der Waals surface area contributed by atoms with Crippen LogP contribution in [-0.2, 0) is 36.4 Å². The molecule has 1 saturated carbocycles. The fourth-order valence-electron chi connectivity index (χ4n) is 13.7. The van der Waals surface area contributed by atoms with E-state index in [1.54, 1.807) is 27.4 Å². The van der Waals surface area contributed by atoms with Crippen molar-refractivity contribution in [2.24, 2.45) is 10.8 Å². The van der Waals surface area contributed by atoms with Gasteiger partial charge in [0.2, 0.25) is 27.7 Å². The maximum atomic E-state index is 16.4. The second kappa shape index (κ2) is 18.6. The van der Waals surface area contributed by atoms with Gasteiger partial charge in [-0.15, -0.1) is 0 Å². The summed E-state index contributed by atoms with van der Waals surface area (Å²) in [6.07, 6.45) is 6.74. The number of nitrogens with zero attached hydrogens (tertiary/aromatic N) is 3. The van der Waals surface area contributed by atoms with E-state index in [0.29, 0.717) is 61.2 Å². The van der Waals surface area contributed by atoms with Crippen molar-refractivity contribution in [3.8, 4) is 5.75 Å². The van der Waals surface area contributed by atoms with Crippen molar-refractivity contribution in [1.82, 2.24) is 24.7 Å². The molecule has 386 valence electrons. The van der Waals surface area contributed by atoms with Crippen LogP contribution in [0.1, 0.15) is 123 Å². The number of amides is 4. The Hall–Kier alpha value is -5.10. The molecule has 4 saturated heterocycles. The molecule has 18 heteroatoms. The molecule has 73 heavy (non-hydrogen) atoms. The molecule has 0 bridgehead atoms. The second-order valence-corrected chi connectivity index (χ2v) is 25.5. The van der Waals surface area contributed by atoms with Crippen molar-refractivity contribution in [3.63, 3.8) is 0 Å². The molecule has 14 nitrogen and oxygen atoms in total. The van der Waals surface area contributed by atoms with E-state index < -0.39 is 51.1 Å². The van der Waals surface area contributed by atoms with Gasteiger partial charge in [-0.2, -0.15) is 4.31 Å². The number of hydrogen-bond donors (Lipinski definition) is 4. The summed E-state index contributed by atoms with van der Waals surface area (Å²) >= 11 is 12.9. The van der Waals surface area contributed by atoms with Crippen LogP contribution < -0.4 is 26.0 Å². The lowest BCUT2D eigenvalue weighted by Gasteiger charge is -2.55. The first-order chi connectivity index (χ1) is 34.8. The number of rotatable bonds is 10. The average molecular weight is 1060 g/mol. The number of benzene rings is 4. The van der Waals surface area contributed by atoms with E-state index in [-0.39, 0.29) is 62.5 Å². The molecule has 4 N–H and O–H groups in total. The fraction of sp³-hybridized carbons (Fsp3) is 0.491. The number of carbonyl (C=O) groups excluding carboxylic acids is 4. The van der Waals surface area contributed by atoms with E-state index in [2.05, 4.69) is 59.1 Å². The van der Waals surface area contributed by atoms with Gasteiger partial charge in [0.15, 0.2) is 0 Å².